The highest BCUT2D eigenvalue weighted by Gasteiger charge is 2.32. The van der Waals surface area contributed by atoms with Gasteiger partial charge in [-0.1, -0.05) is 24.3 Å². The Bertz CT molecular complexity index is 347. The number of carbonyl (C=O) groups is 2. The van der Waals surface area contributed by atoms with Crippen molar-refractivity contribution in [3.05, 3.63) is 24.3 Å². The average Bonchev–Trinajstić information content (AvgIpc) is 2.41. The Kier molecular flexibility index (Phi) is 10.7. The standard InChI is InChI=1S/C16H25ClO4/c1-5-8-9-13(10-12(4)17)11-14(15(18)20-6-2)16(19)21-7-3/h5,13-14H,1,4,6-11H2,2-3H3. The van der Waals surface area contributed by atoms with Crippen molar-refractivity contribution in [3.8, 4) is 0 Å². The van der Waals surface area contributed by atoms with E-state index in [-0.39, 0.29) is 19.1 Å². The van der Waals surface area contributed by atoms with Crippen LogP contribution in [0.2, 0.25) is 0 Å². The second-order valence-electron chi connectivity index (χ2n) is 4.75. The fraction of sp³-hybridized carbons (Fsp3) is 0.625. The van der Waals surface area contributed by atoms with Crippen LogP contribution in [0, 0.1) is 11.8 Å². The quantitative estimate of drug-likeness (QED) is 0.330. The molecule has 0 radical (unpaired) electrons. The van der Waals surface area contributed by atoms with Crippen LogP contribution in [0.5, 0.6) is 0 Å². The van der Waals surface area contributed by atoms with Gasteiger partial charge in [-0.2, -0.15) is 0 Å². The van der Waals surface area contributed by atoms with E-state index in [1.54, 1.807) is 19.9 Å². The summed E-state index contributed by atoms with van der Waals surface area (Å²) in [4.78, 5) is 23.9. The summed E-state index contributed by atoms with van der Waals surface area (Å²) in [7, 11) is 0. The van der Waals surface area contributed by atoms with E-state index in [0.29, 0.717) is 17.9 Å². The molecule has 5 heteroatoms. The summed E-state index contributed by atoms with van der Waals surface area (Å²) in [6.45, 7) is 11.2. The van der Waals surface area contributed by atoms with Crippen molar-refractivity contribution in [2.45, 2.75) is 39.5 Å². The molecule has 0 aromatic carbocycles. The minimum Gasteiger partial charge on any atom is -0.465 e. The lowest BCUT2D eigenvalue weighted by Gasteiger charge is -2.21. The summed E-state index contributed by atoms with van der Waals surface area (Å²) in [5.74, 6) is -1.93. The maximum absolute atomic E-state index is 12.0. The highest BCUT2D eigenvalue weighted by atomic mass is 35.5. The number of allylic oxidation sites excluding steroid dienone is 2. The molecular weight excluding hydrogens is 292 g/mol. The van der Waals surface area contributed by atoms with Gasteiger partial charge in [0.25, 0.3) is 0 Å². The van der Waals surface area contributed by atoms with E-state index < -0.39 is 17.9 Å². The Morgan fingerprint density at radius 2 is 1.71 bits per heavy atom. The van der Waals surface area contributed by atoms with E-state index in [2.05, 4.69) is 13.2 Å². The van der Waals surface area contributed by atoms with E-state index in [1.165, 1.54) is 0 Å². The molecule has 0 fully saturated rings. The molecule has 0 amide bonds. The molecule has 120 valence electrons. The van der Waals surface area contributed by atoms with Gasteiger partial charge in [-0.3, -0.25) is 9.59 Å². The molecule has 4 nitrogen and oxygen atoms in total. The van der Waals surface area contributed by atoms with E-state index in [0.717, 1.165) is 12.8 Å². The molecule has 0 spiro atoms. The van der Waals surface area contributed by atoms with Crippen molar-refractivity contribution in [2.24, 2.45) is 11.8 Å². The smallest absolute Gasteiger partial charge is 0.320 e. The molecule has 0 aliphatic rings. The number of esters is 2. The Morgan fingerprint density at radius 1 is 1.19 bits per heavy atom. The predicted octanol–water partition coefficient (Wildman–Crippen LogP) is 3.84. The van der Waals surface area contributed by atoms with Crippen molar-refractivity contribution in [2.75, 3.05) is 13.2 Å². The largest absolute Gasteiger partial charge is 0.465 e. The lowest BCUT2D eigenvalue weighted by molar-refractivity contribution is -0.162. The SMILES string of the molecule is C=CCCC(CC(=C)Cl)CC(C(=O)OCC)C(=O)OCC. The van der Waals surface area contributed by atoms with Crippen LogP contribution in [-0.2, 0) is 19.1 Å². The molecule has 0 aromatic heterocycles. The van der Waals surface area contributed by atoms with Gasteiger partial charge < -0.3 is 9.47 Å². The number of hydrogen-bond donors (Lipinski definition) is 0. The molecule has 0 heterocycles. The molecule has 0 bridgehead atoms. The summed E-state index contributed by atoms with van der Waals surface area (Å²) in [6, 6.07) is 0. The molecule has 0 aliphatic carbocycles. The number of halogens is 1. The highest BCUT2D eigenvalue weighted by molar-refractivity contribution is 6.29. The molecule has 0 saturated heterocycles. The zero-order chi connectivity index (χ0) is 16.3. The maximum atomic E-state index is 12.0. The van der Waals surface area contributed by atoms with Gasteiger partial charge in [-0.25, -0.2) is 0 Å². The first-order chi connectivity index (χ1) is 9.96. The third kappa shape index (κ3) is 8.56. The molecule has 0 aliphatic heterocycles. The van der Waals surface area contributed by atoms with Crippen LogP contribution in [0.4, 0.5) is 0 Å². The van der Waals surface area contributed by atoms with Crippen LogP contribution >= 0.6 is 11.6 Å². The Labute approximate surface area is 132 Å². The monoisotopic (exact) mass is 316 g/mol. The van der Waals surface area contributed by atoms with Crippen LogP contribution in [0.3, 0.4) is 0 Å². The molecule has 1 unspecified atom stereocenters. The van der Waals surface area contributed by atoms with E-state index in [9.17, 15) is 9.59 Å². The Balaban J connectivity index is 4.91. The fourth-order valence-corrected chi connectivity index (χ4v) is 2.30. The molecule has 0 rings (SSSR count). The first-order valence-corrected chi connectivity index (χ1v) is 7.61. The van der Waals surface area contributed by atoms with Gasteiger partial charge in [0.1, 0.15) is 0 Å². The van der Waals surface area contributed by atoms with Crippen LogP contribution in [-0.4, -0.2) is 25.2 Å². The van der Waals surface area contributed by atoms with E-state index in [4.69, 9.17) is 21.1 Å². The molecule has 1 atom stereocenters. The number of carbonyl (C=O) groups excluding carboxylic acids is 2. The summed E-state index contributed by atoms with van der Waals surface area (Å²) in [6.07, 6.45) is 4.26. The summed E-state index contributed by atoms with van der Waals surface area (Å²) in [5, 5.41) is 0.510. The van der Waals surface area contributed by atoms with Crippen molar-refractivity contribution in [1.29, 1.82) is 0 Å². The zero-order valence-corrected chi connectivity index (χ0v) is 13.7. The summed E-state index contributed by atoms with van der Waals surface area (Å²) in [5.41, 5.74) is 0. The van der Waals surface area contributed by atoms with Crippen LogP contribution in [0.1, 0.15) is 39.5 Å². The summed E-state index contributed by atoms with van der Waals surface area (Å²) < 4.78 is 9.93. The number of ether oxygens (including phenoxy) is 2. The van der Waals surface area contributed by atoms with Gasteiger partial charge in [0.15, 0.2) is 5.92 Å². The zero-order valence-electron chi connectivity index (χ0n) is 12.9. The van der Waals surface area contributed by atoms with Gasteiger partial charge in [0.05, 0.1) is 13.2 Å². The van der Waals surface area contributed by atoms with Gasteiger partial charge >= 0.3 is 11.9 Å². The lowest BCUT2D eigenvalue weighted by Crippen LogP contribution is -2.30. The van der Waals surface area contributed by atoms with Crippen molar-refractivity contribution in [3.63, 3.8) is 0 Å². The van der Waals surface area contributed by atoms with E-state index in [1.807, 2.05) is 0 Å². The topological polar surface area (TPSA) is 52.6 Å². The molecular formula is C16H25ClO4. The number of rotatable bonds is 11. The normalized spacial score (nSPS) is 11.8. The van der Waals surface area contributed by atoms with E-state index >= 15 is 0 Å². The van der Waals surface area contributed by atoms with Gasteiger partial charge in [-0.05, 0) is 45.4 Å². The maximum Gasteiger partial charge on any atom is 0.320 e. The Morgan fingerprint density at radius 3 is 2.10 bits per heavy atom. The third-order valence-electron chi connectivity index (χ3n) is 3.00. The second kappa shape index (κ2) is 11.4. The average molecular weight is 317 g/mol. The molecule has 0 aromatic rings. The van der Waals surface area contributed by atoms with Crippen molar-refractivity contribution >= 4 is 23.5 Å². The molecule has 21 heavy (non-hydrogen) atoms. The fourth-order valence-electron chi connectivity index (χ4n) is 2.08. The molecule has 0 N–H and O–H groups in total. The predicted molar refractivity (Wildman–Crippen MR) is 83.9 cm³/mol. The van der Waals surface area contributed by atoms with Gasteiger partial charge in [0, 0.05) is 5.03 Å². The van der Waals surface area contributed by atoms with Crippen LogP contribution in [0.15, 0.2) is 24.3 Å². The van der Waals surface area contributed by atoms with Crippen molar-refractivity contribution < 1.29 is 19.1 Å². The lowest BCUT2D eigenvalue weighted by atomic mass is 9.88. The van der Waals surface area contributed by atoms with Crippen molar-refractivity contribution in [1.82, 2.24) is 0 Å². The Hall–Kier alpha value is -1.29. The first-order valence-electron chi connectivity index (χ1n) is 7.23. The molecule has 0 saturated carbocycles. The second-order valence-corrected chi connectivity index (χ2v) is 5.28. The third-order valence-corrected chi connectivity index (χ3v) is 3.15. The minimum atomic E-state index is -0.907. The summed E-state index contributed by atoms with van der Waals surface area (Å²) >= 11 is 5.86. The van der Waals surface area contributed by atoms with Gasteiger partial charge in [-0.15, -0.1) is 6.58 Å². The van der Waals surface area contributed by atoms with Crippen LogP contribution in [0.25, 0.3) is 0 Å². The highest BCUT2D eigenvalue weighted by Crippen LogP contribution is 2.27. The van der Waals surface area contributed by atoms with Gasteiger partial charge in [0.2, 0.25) is 0 Å². The van der Waals surface area contributed by atoms with Crippen LogP contribution < -0.4 is 0 Å². The minimum absolute atomic E-state index is 0.0619. The first kappa shape index (κ1) is 19.7. The number of hydrogen-bond acceptors (Lipinski definition) is 4.